The van der Waals surface area contributed by atoms with Crippen LogP contribution in [0, 0.1) is 0 Å². The van der Waals surface area contributed by atoms with Crippen molar-refractivity contribution in [2.75, 3.05) is 13.7 Å². The molecule has 3 heteroatoms. The molecule has 2 nitrogen and oxygen atoms in total. The van der Waals surface area contributed by atoms with Crippen LogP contribution in [0.4, 0.5) is 0 Å². The van der Waals surface area contributed by atoms with Gasteiger partial charge >= 0.3 is 0 Å². The molecule has 1 N–H and O–H groups in total. The molecule has 2 unspecified atom stereocenters. The summed E-state index contributed by atoms with van der Waals surface area (Å²) in [6, 6.07) is 7.85. The van der Waals surface area contributed by atoms with E-state index in [1.165, 1.54) is 0 Å². The van der Waals surface area contributed by atoms with Crippen LogP contribution in [0.25, 0.3) is 0 Å². The molecule has 1 rings (SSSR count). The zero-order chi connectivity index (χ0) is 8.97. The Labute approximate surface area is 74.8 Å². The van der Waals surface area contributed by atoms with Crippen LogP contribution in [-0.2, 0) is 4.74 Å². The second-order valence-corrected chi connectivity index (χ2v) is 3.24. The molecular formula is C9H13O2P. The fourth-order valence-electron chi connectivity index (χ4n) is 1.03. The molecule has 0 aromatic heterocycles. The van der Waals surface area contributed by atoms with Gasteiger partial charge in [-0.25, -0.2) is 0 Å². The Bertz CT molecular complexity index is 229. The highest BCUT2D eigenvalue weighted by Gasteiger charge is 2.06. The number of methoxy groups -OCH3 is 1. The summed E-state index contributed by atoms with van der Waals surface area (Å²) in [7, 11) is 4.20. The van der Waals surface area contributed by atoms with Crippen LogP contribution in [0.2, 0.25) is 0 Å². The lowest BCUT2D eigenvalue weighted by Crippen LogP contribution is -2.06. The van der Waals surface area contributed by atoms with E-state index in [0.29, 0.717) is 0 Å². The molecule has 0 saturated carbocycles. The van der Waals surface area contributed by atoms with E-state index >= 15 is 0 Å². The molecule has 0 bridgehead atoms. The summed E-state index contributed by atoms with van der Waals surface area (Å²) in [5.74, 6) is 0. The molecule has 0 aliphatic rings. The van der Waals surface area contributed by atoms with Gasteiger partial charge < -0.3 is 9.84 Å². The number of aliphatic hydroxyl groups is 1. The second kappa shape index (κ2) is 4.56. The van der Waals surface area contributed by atoms with Crippen molar-refractivity contribution < 1.29 is 9.84 Å². The van der Waals surface area contributed by atoms with E-state index in [-0.39, 0.29) is 12.7 Å². The van der Waals surface area contributed by atoms with Gasteiger partial charge in [0.15, 0.2) is 0 Å². The molecule has 0 radical (unpaired) electrons. The van der Waals surface area contributed by atoms with E-state index in [4.69, 9.17) is 9.84 Å². The summed E-state index contributed by atoms with van der Waals surface area (Å²) >= 11 is 0. The van der Waals surface area contributed by atoms with Crippen molar-refractivity contribution in [2.24, 2.45) is 0 Å². The molecule has 0 aliphatic carbocycles. The second-order valence-electron chi connectivity index (χ2n) is 2.57. The summed E-state index contributed by atoms with van der Waals surface area (Å²) in [5, 5.41) is 10.0. The summed E-state index contributed by atoms with van der Waals surface area (Å²) in [5.41, 5.74) is 1.01. The van der Waals surface area contributed by atoms with E-state index in [2.05, 4.69) is 9.24 Å². The molecular weight excluding hydrogens is 171 g/mol. The third-order valence-electron chi connectivity index (χ3n) is 1.76. The van der Waals surface area contributed by atoms with Crippen molar-refractivity contribution in [3.05, 3.63) is 29.8 Å². The normalized spacial score (nSPS) is 12.9. The Balaban J connectivity index is 2.80. The van der Waals surface area contributed by atoms with Gasteiger partial charge in [0.05, 0.1) is 6.61 Å². The molecule has 0 amide bonds. The average molecular weight is 184 g/mol. The Hall–Kier alpha value is -0.430. The number of hydrogen-bond donors (Lipinski definition) is 1. The van der Waals surface area contributed by atoms with E-state index in [1.54, 1.807) is 7.11 Å². The van der Waals surface area contributed by atoms with Gasteiger partial charge in [0.1, 0.15) is 6.10 Å². The summed E-state index contributed by atoms with van der Waals surface area (Å²) in [6.45, 7) is 0.0205. The summed E-state index contributed by atoms with van der Waals surface area (Å²) in [4.78, 5) is 0. The minimum atomic E-state index is -0.199. The standard InChI is InChI=1S/C9H13O2P/c1-11-9(6-10)7-2-4-8(12)5-3-7/h2-5,9-10H,6,12H2,1H3. The summed E-state index contributed by atoms with van der Waals surface area (Å²) < 4.78 is 5.07. The first-order valence-corrected chi connectivity index (χ1v) is 4.34. The molecule has 0 spiro atoms. The quantitative estimate of drug-likeness (QED) is 0.706. The summed E-state index contributed by atoms with van der Waals surface area (Å²) in [6.07, 6.45) is -0.199. The first-order valence-electron chi connectivity index (χ1n) is 3.77. The average Bonchev–Trinajstić information content (AvgIpc) is 2.10. The Morgan fingerprint density at radius 3 is 2.42 bits per heavy atom. The van der Waals surface area contributed by atoms with Crippen LogP contribution in [0.1, 0.15) is 11.7 Å². The SMILES string of the molecule is COC(CO)c1ccc(P)cc1. The molecule has 0 saturated heterocycles. The molecule has 12 heavy (non-hydrogen) atoms. The van der Waals surface area contributed by atoms with Gasteiger partial charge in [-0.2, -0.15) is 0 Å². The highest BCUT2D eigenvalue weighted by Crippen LogP contribution is 2.14. The topological polar surface area (TPSA) is 29.5 Å². The minimum absolute atomic E-state index is 0.0205. The van der Waals surface area contributed by atoms with Gasteiger partial charge in [-0.3, -0.25) is 0 Å². The lowest BCUT2D eigenvalue weighted by atomic mass is 10.1. The third kappa shape index (κ3) is 2.28. The highest BCUT2D eigenvalue weighted by molar-refractivity contribution is 7.27. The maximum Gasteiger partial charge on any atom is 0.105 e. The van der Waals surface area contributed by atoms with Gasteiger partial charge in [-0.15, -0.1) is 9.24 Å². The molecule has 2 atom stereocenters. The number of hydrogen-bond acceptors (Lipinski definition) is 2. The van der Waals surface area contributed by atoms with Crippen molar-refractivity contribution in [3.63, 3.8) is 0 Å². The van der Waals surface area contributed by atoms with Crippen LogP contribution in [0.15, 0.2) is 24.3 Å². The lowest BCUT2D eigenvalue weighted by molar-refractivity contribution is 0.0484. The van der Waals surface area contributed by atoms with Crippen molar-refractivity contribution in [3.8, 4) is 0 Å². The van der Waals surface area contributed by atoms with Crippen molar-refractivity contribution in [2.45, 2.75) is 6.10 Å². The third-order valence-corrected chi connectivity index (χ3v) is 2.14. The van der Waals surface area contributed by atoms with E-state index in [1.807, 2.05) is 24.3 Å². The van der Waals surface area contributed by atoms with E-state index < -0.39 is 0 Å². The van der Waals surface area contributed by atoms with Gasteiger partial charge in [-0.05, 0) is 10.9 Å². The van der Waals surface area contributed by atoms with Gasteiger partial charge in [-0.1, -0.05) is 24.3 Å². The minimum Gasteiger partial charge on any atom is -0.393 e. The van der Waals surface area contributed by atoms with Crippen LogP contribution in [0.5, 0.6) is 0 Å². The fraction of sp³-hybridized carbons (Fsp3) is 0.333. The first-order chi connectivity index (χ1) is 5.77. The predicted molar refractivity (Wildman–Crippen MR) is 52.6 cm³/mol. The maximum absolute atomic E-state index is 8.92. The molecule has 66 valence electrons. The molecule has 1 aromatic carbocycles. The predicted octanol–water partition coefficient (Wildman–Crippen LogP) is 0.867. The Morgan fingerprint density at radius 1 is 1.42 bits per heavy atom. The van der Waals surface area contributed by atoms with Crippen molar-refractivity contribution in [1.82, 2.24) is 0 Å². The van der Waals surface area contributed by atoms with Crippen molar-refractivity contribution in [1.29, 1.82) is 0 Å². The largest absolute Gasteiger partial charge is 0.393 e. The van der Waals surface area contributed by atoms with Gasteiger partial charge in [0.2, 0.25) is 0 Å². The first kappa shape index (κ1) is 9.66. The van der Waals surface area contributed by atoms with Crippen molar-refractivity contribution >= 4 is 14.5 Å². The number of rotatable bonds is 3. The Kier molecular flexibility index (Phi) is 3.67. The van der Waals surface area contributed by atoms with E-state index in [0.717, 1.165) is 10.9 Å². The zero-order valence-corrected chi connectivity index (χ0v) is 8.18. The number of aliphatic hydroxyl groups excluding tert-OH is 1. The van der Waals surface area contributed by atoms with Crippen LogP contribution in [-0.4, -0.2) is 18.8 Å². The number of ether oxygens (including phenoxy) is 1. The molecule has 1 aromatic rings. The smallest absolute Gasteiger partial charge is 0.105 e. The zero-order valence-electron chi connectivity index (χ0n) is 7.03. The van der Waals surface area contributed by atoms with Gasteiger partial charge in [0.25, 0.3) is 0 Å². The van der Waals surface area contributed by atoms with Crippen LogP contribution in [0.3, 0.4) is 0 Å². The number of benzene rings is 1. The fourth-order valence-corrected chi connectivity index (χ4v) is 1.22. The Morgan fingerprint density at radius 2 is 2.00 bits per heavy atom. The highest BCUT2D eigenvalue weighted by atomic mass is 31.0. The monoisotopic (exact) mass is 184 g/mol. The van der Waals surface area contributed by atoms with Gasteiger partial charge in [0, 0.05) is 7.11 Å². The lowest BCUT2D eigenvalue weighted by Gasteiger charge is -2.12. The molecule has 0 heterocycles. The molecule has 0 fully saturated rings. The van der Waals surface area contributed by atoms with E-state index in [9.17, 15) is 0 Å². The molecule has 0 aliphatic heterocycles. The van der Waals surface area contributed by atoms with Crippen LogP contribution >= 0.6 is 9.24 Å². The maximum atomic E-state index is 8.92. The van der Waals surface area contributed by atoms with Crippen LogP contribution < -0.4 is 5.30 Å².